The van der Waals surface area contributed by atoms with Crippen LogP contribution in [-0.4, -0.2) is 66.8 Å². The zero-order chi connectivity index (χ0) is 15.3. The molecule has 20 heavy (non-hydrogen) atoms. The Morgan fingerprint density at radius 1 is 1.40 bits per heavy atom. The fraction of sp³-hybridized carbons (Fsp3) is 1.00. The molecule has 1 N–H and O–H groups in total. The molecular formula is C13H29N3O2S2. The molecule has 1 fully saturated rings. The first kappa shape index (κ1) is 18.2. The highest BCUT2D eigenvalue weighted by Crippen LogP contribution is 2.27. The Hall–Kier alpha value is 0.180. The van der Waals surface area contributed by atoms with Crippen LogP contribution in [0, 0.1) is 0 Å². The van der Waals surface area contributed by atoms with Gasteiger partial charge in [0.2, 0.25) is 0 Å². The van der Waals surface area contributed by atoms with Crippen LogP contribution in [0.4, 0.5) is 0 Å². The summed E-state index contributed by atoms with van der Waals surface area (Å²) >= 11 is 1.85. The quantitative estimate of drug-likeness (QED) is 0.719. The molecule has 1 rings (SSSR count). The van der Waals surface area contributed by atoms with Crippen LogP contribution >= 0.6 is 11.8 Å². The van der Waals surface area contributed by atoms with Crippen molar-refractivity contribution in [3.8, 4) is 0 Å². The summed E-state index contributed by atoms with van der Waals surface area (Å²) in [6.45, 7) is 10.3. The van der Waals surface area contributed by atoms with E-state index in [-0.39, 0.29) is 6.04 Å². The number of thioether (sulfide) groups is 1. The molecule has 5 nitrogen and oxygen atoms in total. The molecule has 0 aliphatic carbocycles. The Balaban J connectivity index is 2.54. The highest BCUT2D eigenvalue weighted by Gasteiger charge is 2.35. The van der Waals surface area contributed by atoms with Crippen LogP contribution in [-0.2, 0) is 10.2 Å². The summed E-state index contributed by atoms with van der Waals surface area (Å²) in [4.78, 5) is 0. The molecule has 0 radical (unpaired) electrons. The summed E-state index contributed by atoms with van der Waals surface area (Å²) in [7, 11) is -1.63. The average Bonchev–Trinajstić information content (AvgIpc) is 2.37. The molecule has 120 valence electrons. The Labute approximate surface area is 128 Å². The predicted molar refractivity (Wildman–Crippen MR) is 87.4 cm³/mol. The van der Waals surface area contributed by atoms with Gasteiger partial charge in [0.25, 0.3) is 10.2 Å². The van der Waals surface area contributed by atoms with E-state index in [0.29, 0.717) is 24.4 Å². The Bertz CT molecular complexity index is 387. The van der Waals surface area contributed by atoms with E-state index in [2.05, 4.69) is 26.1 Å². The second-order valence-corrected chi connectivity index (χ2v) is 9.19. The number of rotatable bonds is 7. The topological polar surface area (TPSA) is 52.7 Å². The Morgan fingerprint density at radius 3 is 2.65 bits per heavy atom. The molecule has 0 aromatic heterocycles. The predicted octanol–water partition coefficient (Wildman–Crippen LogP) is 1.38. The van der Waals surface area contributed by atoms with Crippen LogP contribution in [0.15, 0.2) is 0 Å². The van der Waals surface area contributed by atoms with Gasteiger partial charge in [0.1, 0.15) is 0 Å². The third-order valence-corrected chi connectivity index (χ3v) is 7.13. The van der Waals surface area contributed by atoms with E-state index in [9.17, 15) is 8.42 Å². The van der Waals surface area contributed by atoms with Crippen molar-refractivity contribution in [3.05, 3.63) is 0 Å². The van der Waals surface area contributed by atoms with Gasteiger partial charge in [-0.3, -0.25) is 0 Å². The number of nitrogens with zero attached hydrogens (tertiary/aromatic N) is 2. The van der Waals surface area contributed by atoms with Crippen molar-refractivity contribution >= 4 is 22.0 Å². The van der Waals surface area contributed by atoms with Crippen LogP contribution < -0.4 is 5.32 Å². The largest absolute Gasteiger partial charge is 0.314 e. The molecule has 2 unspecified atom stereocenters. The van der Waals surface area contributed by atoms with E-state index in [1.807, 2.05) is 18.7 Å². The fourth-order valence-corrected chi connectivity index (χ4v) is 5.15. The van der Waals surface area contributed by atoms with Gasteiger partial charge in [-0.25, -0.2) is 0 Å². The maximum absolute atomic E-state index is 12.6. The SMILES string of the molecule is CC(C)NCCCN(C)S(=O)(=O)N1CCSC(C)C1C. The normalized spacial score (nSPS) is 25.6. The van der Waals surface area contributed by atoms with Crippen molar-refractivity contribution in [2.75, 3.05) is 32.4 Å². The monoisotopic (exact) mass is 323 g/mol. The second-order valence-electron chi connectivity index (χ2n) is 5.72. The van der Waals surface area contributed by atoms with Crippen LogP contribution in [0.1, 0.15) is 34.1 Å². The van der Waals surface area contributed by atoms with Gasteiger partial charge in [-0.2, -0.15) is 28.8 Å². The van der Waals surface area contributed by atoms with Crippen LogP contribution in [0.2, 0.25) is 0 Å². The number of nitrogens with one attached hydrogen (secondary N) is 1. The first-order valence-corrected chi connectivity index (χ1v) is 9.79. The molecule has 0 aromatic rings. The van der Waals surface area contributed by atoms with E-state index >= 15 is 0 Å². The van der Waals surface area contributed by atoms with Crippen molar-refractivity contribution in [1.82, 2.24) is 13.9 Å². The van der Waals surface area contributed by atoms with Crippen LogP contribution in [0.5, 0.6) is 0 Å². The highest BCUT2D eigenvalue weighted by molar-refractivity contribution is 8.00. The van der Waals surface area contributed by atoms with Crippen LogP contribution in [0.3, 0.4) is 0 Å². The second kappa shape index (κ2) is 7.98. The first-order chi connectivity index (χ1) is 9.26. The van der Waals surface area contributed by atoms with Gasteiger partial charge in [0.05, 0.1) is 0 Å². The summed E-state index contributed by atoms with van der Waals surface area (Å²) in [5, 5.41) is 3.67. The minimum absolute atomic E-state index is 0.0648. The summed E-state index contributed by atoms with van der Waals surface area (Å²) in [6, 6.07) is 0.506. The van der Waals surface area contributed by atoms with E-state index < -0.39 is 10.2 Å². The van der Waals surface area contributed by atoms with E-state index in [1.165, 1.54) is 4.31 Å². The lowest BCUT2D eigenvalue weighted by Crippen LogP contribution is -2.52. The van der Waals surface area contributed by atoms with Crippen LogP contribution in [0.25, 0.3) is 0 Å². The minimum Gasteiger partial charge on any atom is -0.314 e. The van der Waals surface area contributed by atoms with E-state index in [1.54, 1.807) is 11.4 Å². The smallest absolute Gasteiger partial charge is 0.282 e. The summed E-state index contributed by atoms with van der Waals surface area (Å²) in [6.07, 6.45) is 0.834. The maximum Gasteiger partial charge on any atom is 0.282 e. The van der Waals surface area contributed by atoms with Crippen molar-refractivity contribution < 1.29 is 8.42 Å². The fourth-order valence-electron chi connectivity index (χ4n) is 2.22. The van der Waals surface area contributed by atoms with Crippen molar-refractivity contribution in [3.63, 3.8) is 0 Å². The molecule has 0 aromatic carbocycles. The van der Waals surface area contributed by atoms with Gasteiger partial charge < -0.3 is 5.32 Å². The maximum atomic E-state index is 12.6. The zero-order valence-electron chi connectivity index (χ0n) is 13.3. The van der Waals surface area contributed by atoms with Gasteiger partial charge >= 0.3 is 0 Å². The number of hydrogen-bond acceptors (Lipinski definition) is 4. The molecule has 0 spiro atoms. The molecule has 1 heterocycles. The van der Waals surface area contributed by atoms with Crippen molar-refractivity contribution in [2.45, 2.75) is 51.4 Å². The zero-order valence-corrected chi connectivity index (χ0v) is 14.9. The molecule has 1 aliphatic heterocycles. The average molecular weight is 324 g/mol. The van der Waals surface area contributed by atoms with Gasteiger partial charge in [0, 0.05) is 43.2 Å². The summed E-state index contributed by atoms with van der Waals surface area (Å²) in [5.41, 5.74) is 0. The molecule has 1 aliphatic rings. The third-order valence-electron chi connectivity index (χ3n) is 3.72. The summed E-state index contributed by atoms with van der Waals surface area (Å²) in [5.74, 6) is 0.882. The van der Waals surface area contributed by atoms with Gasteiger partial charge in [-0.15, -0.1) is 0 Å². The summed E-state index contributed by atoms with van der Waals surface area (Å²) < 4.78 is 28.3. The standard InChI is InChI=1S/C13H29N3O2S2/c1-11(2)14-7-6-8-15(5)20(17,18)16-9-10-19-13(4)12(16)3/h11-14H,6-10H2,1-5H3. The van der Waals surface area contributed by atoms with Gasteiger partial charge in [0.15, 0.2) is 0 Å². The molecule has 0 amide bonds. The highest BCUT2D eigenvalue weighted by atomic mass is 32.2. The molecule has 0 saturated carbocycles. The molecule has 0 bridgehead atoms. The lowest BCUT2D eigenvalue weighted by molar-refractivity contribution is 0.306. The van der Waals surface area contributed by atoms with Gasteiger partial charge in [-0.05, 0) is 19.9 Å². The van der Waals surface area contributed by atoms with E-state index in [0.717, 1.165) is 18.7 Å². The third kappa shape index (κ3) is 4.87. The molecule has 7 heteroatoms. The van der Waals surface area contributed by atoms with Crippen molar-refractivity contribution in [2.24, 2.45) is 0 Å². The Morgan fingerprint density at radius 2 is 2.05 bits per heavy atom. The first-order valence-electron chi connectivity index (χ1n) is 7.35. The lowest BCUT2D eigenvalue weighted by Gasteiger charge is -2.38. The van der Waals surface area contributed by atoms with E-state index in [4.69, 9.17) is 0 Å². The molecular weight excluding hydrogens is 294 g/mol. The molecule has 1 saturated heterocycles. The van der Waals surface area contributed by atoms with Gasteiger partial charge in [-0.1, -0.05) is 20.8 Å². The van der Waals surface area contributed by atoms with Crippen molar-refractivity contribution in [1.29, 1.82) is 0 Å². The Kier molecular flexibility index (Phi) is 7.28. The minimum atomic E-state index is -3.32. The molecule has 2 atom stereocenters. The lowest BCUT2D eigenvalue weighted by atomic mass is 10.2. The number of hydrogen-bond donors (Lipinski definition) is 1.